The number of aromatic nitrogens is 2. The van der Waals surface area contributed by atoms with E-state index in [0.717, 1.165) is 4.68 Å². The van der Waals surface area contributed by atoms with Crippen LogP contribution in [0.5, 0.6) is 5.88 Å². The van der Waals surface area contributed by atoms with Crippen LogP contribution in [-0.2, 0) is 13.1 Å². The summed E-state index contributed by atoms with van der Waals surface area (Å²) in [6, 6.07) is 0. The van der Waals surface area contributed by atoms with Gasteiger partial charge in [-0.15, -0.1) is 5.10 Å². The average molecular weight is 191 g/mol. The predicted octanol–water partition coefficient (Wildman–Crippen LogP) is 0.616. The molecule has 0 amide bonds. The second-order valence-corrected chi connectivity index (χ2v) is 2.48. The molecule has 0 saturated carbocycles. The molecule has 0 atom stereocenters. The topological polar surface area (TPSA) is 53.1 Å². The first-order chi connectivity index (χ1) is 6.17. The summed E-state index contributed by atoms with van der Waals surface area (Å²) in [7, 11) is 1.42. The number of hydrogen-bond acceptors (Lipinski definition) is 3. The van der Waals surface area contributed by atoms with E-state index in [-0.39, 0.29) is 6.54 Å². The number of nitrogens with two attached hydrogens (primary N) is 1. The van der Waals surface area contributed by atoms with Gasteiger partial charge in [-0.05, 0) is 0 Å². The van der Waals surface area contributed by atoms with E-state index in [2.05, 4.69) is 5.10 Å². The largest absolute Gasteiger partial charge is 0.480 e. The van der Waals surface area contributed by atoms with Gasteiger partial charge in [0, 0.05) is 18.3 Å². The molecule has 1 rings (SSSR count). The third kappa shape index (κ3) is 2.38. The van der Waals surface area contributed by atoms with E-state index in [1.54, 1.807) is 0 Å². The molecule has 0 radical (unpaired) electrons. The summed E-state index contributed by atoms with van der Waals surface area (Å²) in [6.07, 6.45) is -0.958. The van der Waals surface area contributed by atoms with Gasteiger partial charge < -0.3 is 10.5 Å². The van der Waals surface area contributed by atoms with E-state index < -0.39 is 13.0 Å². The van der Waals surface area contributed by atoms with Gasteiger partial charge in [-0.3, -0.25) is 4.68 Å². The zero-order valence-electron chi connectivity index (χ0n) is 7.20. The van der Waals surface area contributed by atoms with Crippen molar-refractivity contribution in [2.45, 2.75) is 19.5 Å². The third-order valence-corrected chi connectivity index (χ3v) is 1.54. The van der Waals surface area contributed by atoms with Crippen molar-refractivity contribution >= 4 is 0 Å². The van der Waals surface area contributed by atoms with Crippen molar-refractivity contribution in [1.82, 2.24) is 9.78 Å². The summed E-state index contributed by atoms with van der Waals surface area (Å²) in [4.78, 5) is 0. The summed E-state index contributed by atoms with van der Waals surface area (Å²) in [5, 5.41) is 3.77. The first kappa shape index (κ1) is 9.91. The van der Waals surface area contributed by atoms with Crippen LogP contribution in [0.15, 0.2) is 6.20 Å². The Labute approximate surface area is 74.3 Å². The highest BCUT2D eigenvalue weighted by atomic mass is 19.3. The average Bonchev–Trinajstić information content (AvgIpc) is 2.45. The molecule has 1 heterocycles. The van der Waals surface area contributed by atoms with Gasteiger partial charge in [-0.2, -0.15) is 0 Å². The minimum Gasteiger partial charge on any atom is -0.480 e. The molecule has 0 aliphatic heterocycles. The normalized spacial score (nSPS) is 10.8. The maximum Gasteiger partial charge on any atom is 0.257 e. The standard InChI is InChI=1S/C7H11F2N3O/c1-13-7-5(2-10)3-12(11-7)4-6(8)9/h3,6H,2,4,10H2,1H3. The lowest BCUT2D eigenvalue weighted by molar-refractivity contribution is 0.121. The highest BCUT2D eigenvalue weighted by molar-refractivity contribution is 5.22. The van der Waals surface area contributed by atoms with Crippen LogP contribution < -0.4 is 10.5 Å². The molecular formula is C7H11F2N3O. The SMILES string of the molecule is COc1nn(CC(F)F)cc1CN. The lowest BCUT2D eigenvalue weighted by atomic mass is 10.3. The van der Waals surface area contributed by atoms with Gasteiger partial charge in [-0.25, -0.2) is 8.78 Å². The number of halogens is 2. The summed E-state index contributed by atoms with van der Waals surface area (Å²) >= 11 is 0. The smallest absolute Gasteiger partial charge is 0.257 e. The third-order valence-electron chi connectivity index (χ3n) is 1.54. The van der Waals surface area contributed by atoms with E-state index in [0.29, 0.717) is 11.4 Å². The quantitative estimate of drug-likeness (QED) is 0.758. The summed E-state index contributed by atoms with van der Waals surface area (Å²) in [5.74, 6) is 0.308. The maximum atomic E-state index is 11.9. The van der Waals surface area contributed by atoms with Crippen molar-refractivity contribution in [2.75, 3.05) is 7.11 Å². The Morgan fingerprint density at radius 2 is 2.38 bits per heavy atom. The van der Waals surface area contributed by atoms with Crippen LogP contribution in [0.3, 0.4) is 0 Å². The minimum absolute atomic E-state index is 0.229. The van der Waals surface area contributed by atoms with Crippen LogP contribution in [0, 0.1) is 0 Å². The van der Waals surface area contributed by atoms with E-state index in [9.17, 15) is 8.78 Å². The molecule has 0 aliphatic carbocycles. The highest BCUT2D eigenvalue weighted by Crippen LogP contribution is 2.14. The van der Waals surface area contributed by atoms with Crippen molar-refractivity contribution in [2.24, 2.45) is 5.73 Å². The molecule has 1 aromatic heterocycles. The molecule has 0 aliphatic rings. The van der Waals surface area contributed by atoms with Gasteiger partial charge in [0.05, 0.1) is 7.11 Å². The van der Waals surface area contributed by atoms with Crippen LogP contribution in [-0.4, -0.2) is 23.3 Å². The van der Waals surface area contributed by atoms with Crippen LogP contribution in [0.1, 0.15) is 5.56 Å². The Morgan fingerprint density at radius 3 is 2.77 bits per heavy atom. The first-order valence-electron chi connectivity index (χ1n) is 3.76. The summed E-state index contributed by atoms with van der Waals surface area (Å²) in [6.45, 7) is -0.206. The van der Waals surface area contributed by atoms with Gasteiger partial charge in [0.25, 0.3) is 6.43 Å². The number of hydrogen-bond donors (Lipinski definition) is 1. The van der Waals surface area contributed by atoms with Crippen LogP contribution in [0.25, 0.3) is 0 Å². The number of ether oxygens (including phenoxy) is 1. The van der Waals surface area contributed by atoms with Gasteiger partial charge in [-0.1, -0.05) is 0 Å². The fraction of sp³-hybridized carbons (Fsp3) is 0.571. The van der Waals surface area contributed by atoms with Crippen molar-refractivity contribution in [3.05, 3.63) is 11.8 Å². The predicted molar refractivity (Wildman–Crippen MR) is 42.7 cm³/mol. The molecule has 13 heavy (non-hydrogen) atoms. The van der Waals surface area contributed by atoms with Gasteiger partial charge in [0.2, 0.25) is 5.88 Å². The zero-order valence-corrected chi connectivity index (χ0v) is 7.20. The van der Waals surface area contributed by atoms with Gasteiger partial charge >= 0.3 is 0 Å². The first-order valence-corrected chi connectivity index (χ1v) is 3.76. The Bertz CT molecular complexity index is 253. The van der Waals surface area contributed by atoms with Crippen molar-refractivity contribution < 1.29 is 13.5 Å². The molecule has 0 fully saturated rings. The fourth-order valence-corrected chi connectivity index (χ4v) is 0.992. The lowest BCUT2D eigenvalue weighted by Crippen LogP contribution is -2.06. The molecule has 74 valence electrons. The van der Waals surface area contributed by atoms with Crippen molar-refractivity contribution in [3.8, 4) is 5.88 Å². The number of rotatable bonds is 4. The van der Waals surface area contributed by atoms with Crippen LogP contribution >= 0.6 is 0 Å². The second-order valence-electron chi connectivity index (χ2n) is 2.48. The molecule has 6 heteroatoms. The highest BCUT2D eigenvalue weighted by Gasteiger charge is 2.10. The van der Waals surface area contributed by atoms with Crippen molar-refractivity contribution in [3.63, 3.8) is 0 Å². The molecule has 0 unspecified atom stereocenters. The number of methoxy groups -OCH3 is 1. The molecule has 0 spiro atoms. The van der Waals surface area contributed by atoms with E-state index in [1.807, 2.05) is 0 Å². The Balaban J connectivity index is 2.80. The van der Waals surface area contributed by atoms with E-state index >= 15 is 0 Å². The molecule has 2 N–H and O–H groups in total. The van der Waals surface area contributed by atoms with Crippen LogP contribution in [0.4, 0.5) is 8.78 Å². The second kappa shape index (κ2) is 4.18. The Hall–Kier alpha value is -1.17. The van der Waals surface area contributed by atoms with Gasteiger partial charge in [0.1, 0.15) is 6.54 Å². The summed E-state index contributed by atoms with van der Waals surface area (Å²) < 4.78 is 29.8. The maximum absolute atomic E-state index is 11.9. The fourth-order valence-electron chi connectivity index (χ4n) is 0.992. The Morgan fingerprint density at radius 1 is 1.69 bits per heavy atom. The number of nitrogens with zero attached hydrogens (tertiary/aromatic N) is 2. The van der Waals surface area contributed by atoms with Gasteiger partial charge in [0.15, 0.2) is 0 Å². The van der Waals surface area contributed by atoms with Crippen molar-refractivity contribution in [1.29, 1.82) is 0 Å². The minimum atomic E-state index is -2.42. The molecule has 0 aromatic carbocycles. The number of alkyl halides is 2. The monoisotopic (exact) mass is 191 g/mol. The van der Waals surface area contributed by atoms with E-state index in [4.69, 9.17) is 10.5 Å². The molecule has 4 nitrogen and oxygen atoms in total. The van der Waals surface area contributed by atoms with E-state index in [1.165, 1.54) is 13.3 Å². The molecule has 1 aromatic rings. The Kier molecular flexibility index (Phi) is 3.18. The van der Waals surface area contributed by atoms with Crippen LogP contribution in [0.2, 0.25) is 0 Å². The zero-order chi connectivity index (χ0) is 9.84. The molecular weight excluding hydrogens is 180 g/mol. The summed E-state index contributed by atoms with van der Waals surface area (Å²) in [5.41, 5.74) is 5.98. The molecule has 0 saturated heterocycles. The molecule has 0 bridgehead atoms. The lowest BCUT2D eigenvalue weighted by Gasteiger charge is -1.97.